The van der Waals surface area contributed by atoms with Gasteiger partial charge in [0.2, 0.25) is 5.88 Å². The topological polar surface area (TPSA) is 27.1 Å². The van der Waals surface area contributed by atoms with Gasteiger partial charge in [-0.1, -0.05) is 0 Å². The molecule has 0 unspecified atom stereocenters. The number of rotatable bonds is 2. The molecule has 0 spiro atoms. The second kappa shape index (κ2) is 3.87. The zero-order valence-corrected chi connectivity index (χ0v) is 7.85. The molecule has 1 aromatic rings. The maximum absolute atomic E-state index is 12.1. The first-order valence-corrected chi connectivity index (χ1v) is 3.90. The van der Waals surface area contributed by atoms with Crippen molar-refractivity contribution in [3.8, 4) is 5.88 Å². The summed E-state index contributed by atoms with van der Waals surface area (Å²) in [6, 6.07) is 0.408. The Bertz CT molecular complexity index is 366. The summed E-state index contributed by atoms with van der Waals surface area (Å²) in [4.78, 5) is 0. The lowest BCUT2D eigenvalue weighted by Crippen LogP contribution is -2.20. The van der Waals surface area contributed by atoms with Crippen molar-refractivity contribution in [2.24, 2.45) is 7.05 Å². The fourth-order valence-corrected chi connectivity index (χ4v) is 0.880. The van der Waals surface area contributed by atoms with Crippen LogP contribution >= 0.6 is 0 Å². The van der Waals surface area contributed by atoms with E-state index in [-0.39, 0.29) is 0 Å². The molecule has 1 aromatic heterocycles. The fourth-order valence-electron chi connectivity index (χ4n) is 0.880. The van der Waals surface area contributed by atoms with Crippen LogP contribution in [0, 0.1) is 0 Å². The zero-order chi connectivity index (χ0) is 12.6. The number of alkyl halides is 6. The van der Waals surface area contributed by atoms with Gasteiger partial charge in [-0.05, 0) is 0 Å². The summed E-state index contributed by atoms with van der Waals surface area (Å²) in [6.07, 6.45) is -9.32. The fraction of sp³-hybridized carbons (Fsp3) is 0.571. The molecule has 0 radical (unpaired) electrons. The van der Waals surface area contributed by atoms with E-state index in [0.29, 0.717) is 10.7 Å². The van der Waals surface area contributed by atoms with Crippen molar-refractivity contribution in [1.82, 2.24) is 9.78 Å². The van der Waals surface area contributed by atoms with Gasteiger partial charge in [0, 0.05) is 13.1 Å². The minimum Gasteiger partial charge on any atom is -0.468 e. The van der Waals surface area contributed by atoms with E-state index in [2.05, 4.69) is 9.84 Å². The number of aryl methyl sites for hydroxylation is 1. The largest absolute Gasteiger partial charge is 0.468 e. The van der Waals surface area contributed by atoms with E-state index >= 15 is 0 Å². The molecule has 0 aliphatic rings. The van der Waals surface area contributed by atoms with Crippen LogP contribution in [-0.4, -0.2) is 22.6 Å². The molecule has 1 rings (SSSR count). The molecule has 0 bridgehead atoms. The molecule has 0 N–H and O–H groups in total. The van der Waals surface area contributed by atoms with E-state index in [9.17, 15) is 26.3 Å². The molecule has 0 saturated heterocycles. The molecule has 3 nitrogen and oxygen atoms in total. The van der Waals surface area contributed by atoms with Gasteiger partial charge in [0.25, 0.3) is 0 Å². The van der Waals surface area contributed by atoms with E-state index in [1.165, 1.54) is 0 Å². The van der Waals surface area contributed by atoms with Gasteiger partial charge in [-0.2, -0.15) is 31.4 Å². The van der Waals surface area contributed by atoms with Crippen LogP contribution in [0.5, 0.6) is 5.88 Å². The number of hydrogen-bond acceptors (Lipinski definition) is 2. The highest BCUT2D eigenvalue weighted by molar-refractivity contribution is 5.18. The lowest BCUT2D eigenvalue weighted by molar-refractivity contribution is -0.154. The molecule has 1 heterocycles. The molecule has 0 saturated carbocycles. The Morgan fingerprint density at radius 1 is 1.25 bits per heavy atom. The third-order valence-electron chi connectivity index (χ3n) is 1.51. The minimum atomic E-state index is -4.71. The van der Waals surface area contributed by atoms with Gasteiger partial charge in [0.05, 0.1) is 0 Å². The standard InChI is InChI=1S/C7H6F6N2O/c1-15-5(16-3-6(8,9)10)2-4(14-15)7(11,12)13/h2H,3H2,1H3. The van der Waals surface area contributed by atoms with Crippen LogP contribution < -0.4 is 4.74 Å². The van der Waals surface area contributed by atoms with E-state index in [0.717, 1.165) is 7.05 Å². The Morgan fingerprint density at radius 2 is 1.81 bits per heavy atom. The molecular weight excluding hydrogens is 242 g/mol. The predicted molar refractivity (Wildman–Crippen MR) is 39.8 cm³/mol. The van der Waals surface area contributed by atoms with Crippen LogP contribution in [0.2, 0.25) is 0 Å². The quantitative estimate of drug-likeness (QED) is 0.751. The van der Waals surface area contributed by atoms with Crippen LogP contribution in [0.1, 0.15) is 5.69 Å². The average molecular weight is 248 g/mol. The second-order valence-electron chi connectivity index (χ2n) is 2.89. The summed E-state index contributed by atoms with van der Waals surface area (Å²) in [7, 11) is 1.06. The minimum absolute atomic E-state index is 0.408. The van der Waals surface area contributed by atoms with Gasteiger partial charge in [0.1, 0.15) is 0 Å². The third-order valence-corrected chi connectivity index (χ3v) is 1.51. The van der Waals surface area contributed by atoms with Gasteiger partial charge in [0.15, 0.2) is 12.3 Å². The molecule has 0 atom stereocenters. The number of halogens is 6. The second-order valence-corrected chi connectivity index (χ2v) is 2.89. The molecular formula is C7H6F6N2O. The lowest BCUT2D eigenvalue weighted by atomic mass is 10.4. The predicted octanol–water partition coefficient (Wildman–Crippen LogP) is 2.38. The van der Waals surface area contributed by atoms with Crippen molar-refractivity contribution in [3.63, 3.8) is 0 Å². The monoisotopic (exact) mass is 248 g/mol. The SMILES string of the molecule is Cn1nc(C(F)(F)F)cc1OCC(F)(F)F. The van der Waals surface area contributed by atoms with Crippen LogP contribution in [0.4, 0.5) is 26.3 Å². The summed E-state index contributed by atoms with van der Waals surface area (Å²) in [5.41, 5.74) is -1.30. The summed E-state index contributed by atoms with van der Waals surface area (Å²) in [5.74, 6) is -0.593. The van der Waals surface area contributed by atoms with Crippen molar-refractivity contribution < 1.29 is 31.1 Å². The molecule has 0 amide bonds. The number of aromatic nitrogens is 2. The van der Waals surface area contributed by atoms with Crippen LogP contribution in [0.3, 0.4) is 0 Å². The highest BCUT2D eigenvalue weighted by Gasteiger charge is 2.35. The molecule has 0 fully saturated rings. The number of hydrogen-bond donors (Lipinski definition) is 0. The molecule has 16 heavy (non-hydrogen) atoms. The first-order chi connectivity index (χ1) is 7.09. The zero-order valence-electron chi connectivity index (χ0n) is 7.85. The van der Waals surface area contributed by atoms with Crippen LogP contribution in [0.15, 0.2) is 6.07 Å². The first-order valence-electron chi connectivity index (χ1n) is 3.90. The highest BCUT2D eigenvalue weighted by Crippen LogP contribution is 2.30. The molecule has 9 heteroatoms. The van der Waals surface area contributed by atoms with Crippen molar-refractivity contribution in [3.05, 3.63) is 11.8 Å². The Kier molecular flexibility index (Phi) is 3.06. The molecule has 0 aromatic carbocycles. The van der Waals surface area contributed by atoms with E-state index < -0.39 is 30.5 Å². The molecule has 92 valence electrons. The lowest BCUT2D eigenvalue weighted by Gasteiger charge is -2.07. The Hall–Kier alpha value is -1.41. The first kappa shape index (κ1) is 12.7. The van der Waals surface area contributed by atoms with Crippen molar-refractivity contribution in [2.75, 3.05) is 6.61 Å². The summed E-state index contributed by atoms with van der Waals surface area (Å²) < 4.78 is 76.3. The normalized spacial score (nSPS) is 12.9. The van der Waals surface area contributed by atoms with Crippen LogP contribution in [-0.2, 0) is 13.2 Å². The van der Waals surface area contributed by atoms with Gasteiger partial charge >= 0.3 is 12.4 Å². The van der Waals surface area contributed by atoms with Crippen molar-refractivity contribution >= 4 is 0 Å². The van der Waals surface area contributed by atoms with E-state index in [1.54, 1.807) is 0 Å². The maximum Gasteiger partial charge on any atom is 0.435 e. The van der Waals surface area contributed by atoms with Gasteiger partial charge in [-0.25, -0.2) is 4.68 Å². The molecule has 0 aliphatic heterocycles. The smallest absolute Gasteiger partial charge is 0.435 e. The molecule has 0 aliphatic carbocycles. The maximum atomic E-state index is 12.1. The van der Waals surface area contributed by atoms with Gasteiger partial charge in [-0.3, -0.25) is 0 Å². The average Bonchev–Trinajstić information content (AvgIpc) is 2.41. The van der Waals surface area contributed by atoms with Crippen LogP contribution in [0.25, 0.3) is 0 Å². The highest BCUT2D eigenvalue weighted by atomic mass is 19.4. The van der Waals surface area contributed by atoms with Gasteiger partial charge < -0.3 is 4.74 Å². The van der Waals surface area contributed by atoms with Gasteiger partial charge in [-0.15, -0.1) is 0 Å². The van der Waals surface area contributed by atoms with E-state index in [4.69, 9.17) is 0 Å². The Balaban J connectivity index is 2.79. The Morgan fingerprint density at radius 3 is 2.19 bits per heavy atom. The van der Waals surface area contributed by atoms with Crippen molar-refractivity contribution in [1.29, 1.82) is 0 Å². The number of nitrogens with zero attached hydrogens (tertiary/aromatic N) is 2. The third kappa shape index (κ3) is 3.31. The summed E-state index contributed by atoms with van der Waals surface area (Å²) in [6.45, 7) is -1.66. The summed E-state index contributed by atoms with van der Waals surface area (Å²) in [5, 5.41) is 2.98. The Labute approximate surface area is 85.6 Å². The van der Waals surface area contributed by atoms with Crippen molar-refractivity contribution in [2.45, 2.75) is 12.4 Å². The number of ether oxygens (including phenoxy) is 1. The summed E-state index contributed by atoms with van der Waals surface area (Å²) >= 11 is 0. The van der Waals surface area contributed by atoms with E-state index in [1.807, 2.05) is 0 Å².